The molecule has 1 rings (SSSR count). The van der Waals surface area contributed by atoms with Crippen LogP contribution >= 0.6 is 7.82 Å². The smallest absolute Gasteiger partial charge is 0.462 e. The van der Waals surface area contributed by atoms with Gasteiger partial charge in [0.15, 0.2) is 6.10 Å². The molecular formula is C46H83NO9P+. The molecule has 0 radical (unpaired) electrons. The summed E-state index contributed by atoms with van der Waals surface area (Å²) in [7, 11) is 1.43. The molecule has 3 unspecified atom stereocenters. The van der Waals surface area contributed by atoms with Crippen molar-refractivity contribution in [2.75, 3.05) is 47.5 Å². The average molecular weight is 825 g/mol. The van der Waals surface area contributed by atoms with Gasteiger partial charge >= 0.3 is 19.8 Å². The van der Waals surface area contributed by atoms with Crippen molar-refractivity contribution in [1.29, 1.82) is 0 Å². The number of hydrogen-bond acceptors (Lipinski definition) is 8. The van der Waals surface area contributed by atoms with Crippen molar-refractivity contribution in [3.8, 4) is 0 Å². The molecule has 11 heteroatoms. The van der Waals surface area contributed by atoms with Crippen molar-refractivity contribution in [2.45, 2.75) is 186 Å². The SMILES string of the molecule is CCCCC/C=C\C/C=C\C/C=C\CC1OC1CCCC(=O)OC[C@H](COP(=O)(O)OCC[N+](C)(C)C)OC(=O)CCCCCCC/C=C\CCCCCCCC. The number of unbranched alkanes of at least 4 members (excludes halogenated alkanes) is 14. The van der Waals surface area contributed by atoms with Crippen molar-refractivity contribution in [2.24, 2.45) is 0 Å². The molecule has 0 saturated carbocycles. The number of hydrogen-bond donors (Lipinski definition) is 1. The van der Waals surface area contributed by atoms with Crippen LogP contribution in [0.4, 0.5) is 0 Å². The zero-order valence-corrected chi connectivity index (χ0v) is 37.7. The van der Waals surface area contributed by atoms with Crippen molar-refractivity contribution >= 4 is 19.8 Å². The first-order valence-corrected chi connectivity index (χ1v) is 24.0. The monoisotopic (exact) mass is 825 g/mol. The molecule has 57 heavy (non-hydrogen) atoms. The number of carbonyl (C=O) groups excluding carboxylic acids is 2. The fraction of sp³-hybridized carbons (Fsp3) is 0.783. The van der Waals surface area contributed by atoms with Gasteiger partial charge in [-0.15, -0.1) is 0 Å². The molecular weight excluding hydrogens is 741 g/mol. The number of nitrogens with zero attached hydrogens (tertiary/aromatic N) is 1. The van der Waals surface area contributed by atoms with Gasteiger partial charge in [0.05, 0.1) is 40.0 Å². The molecule has 0 spiro atoms. The minimum atomic E-state index is -4.40. The second kappa shape index (κ2) is 34.8. The van der Waals surface area contributed by atoms with Crippen LogP contribution in [0, 0.1) is 0 Å². The van der Waals surface area contributed by atoms with Crippen molar-refractivity contribution in [1.82, 2.24) is 0 Å². The molecule has 0 aromatic heterocycles. The van der Waals surface area contributed by atoms with Gasteiger partial charge in [0.25, 0.3) is 0 Å². The lowest BCUT2D eigenvalue weighted by Crippen LogP contribution is -2.37. The molecule has 0 bridgehead atoms. The third-order valence-corrected chi connectivity index (χ3v) is 10.7. The average Bonchev–Trinajstić information content (AvgIpc) is 3.91. The predicted molar refractivity (Wildman–Crippen MR) is 233 cm³/mol. The summed E-state index contributed by atoms with van der Waals surface area (Å²) in [5, 5.41) is 0. The molecule has 1 heterocycles. The summed E-state index contributed by atoms with van der Waals surface area (Å²) in [4.78, 5) is 35.5. The van der Waals surface area contributed by atoms with Crippen LogP contribution in [-0.4, -0.2) is 87.1 Å². The normalized spacial score (nSPS) is 17.6. The van der Waals surface area contributed by atoms with Gasteiger partial charge in [-0.2, -0.15) is 0 Å². The summed E-state index contributed by atoms with van der Waals surface area (Å²) in [5.41, 5.74) is 0. The van der Waals surface area contributed by atoms with Gasteiger partial charge in [0.1, 0.15) is 19.8 Å². The molecule has 0 aromatic carbocycles. The van der Waals surface area contributed by atoms with Crippen LogP contribution < -0.4 is 0 Å². The zero-order chi connectivity index (χ0) is 41.9. The van der Waals surface area contributed by atoms with Crippen LogP contribution in [0.15, 0.2) is 48.6 Å². The standard InChI is InChI=1S/C46H82NO9P/c1-6-8-10-12-14-16-18-20-21-22-24-26-28-30-32-36-46(49)55-42(41-54-57(50,51)53-39-38-47(3,4)5)40-52-45(48)37-33-35-44-43(56-44)34-31-29-27-25-23-19-17-15-13-11-9-7-2/h15,17,20-21,23,25,29,31,42-44H,6-14,16,18-19,22,24,26-28,30,32-41H2,1-5H3/p+1/b17-15-,21-20-,25-23-,31-29-/t42-,43?,44?/m1/s1. The van der Waals surface area contributed by atoms with Crippen LogP contribution in [0.2, 0.25) is 0 Å². The maximum atomic E-state index is 12.7. The van der Waals surface area contributed by atoms with E-state index in [0.29, 0.717) is 23.9 Å². The van der Waals surface area contributed by atoms with Crippen molar-refractivity contribution in [3.05, 3.63) is 48.6 Å². The number of epoxide rings is 1. The third kappa shape index (κ3) is 35.6. The number of carbonyl (C=O) groups is 2. The molecule has 1 aliphatic rings. The lowest BCUT2D eigenvalue weighted by Gasteiger charge is -2.24. The van der Waals surface area contributed by atoms with Gasteiger partial charge in [-0.25, -0.2) is 4.57 Å². The van der Waals surface area contributed by atoms with Crippen LogP contribution in [0.5, 0.6) is 0 Å². The molecule has 0 amide bonds. The van der Waals surface area contributed by atoms with Crippen molar-refractivity contribution in [3.63, 3.8) is 0 Å². The van der Waals surface area contributed by atoms with E-state index in [1.54, 1.807) is 0 Å². The van der Waals surface area contributed by atoms with E-state index in [2.05, 4.69) is 62.5 Å². The number of phosphoric ester groups is 1. The van der Waals surface area contributed by atoms with Crippen LogP contribution in [0.3, 0.4) is 0 Å². The maximum absolute atomic E-state index is 12.7. The minimum Gasteiger partial charge on any atom is -0.462 e. The van der Waals surface area contributed by atoms with Crippen LogP contribution in [0.1, 0.15) is 168 Å². The second-order valence-corrected chi connectivity index (χ2v) is 17.9. The molecule has 330 valence electrons. The summed E-state index contributed by atoms with van der Waals surface area (Å²) >= 11 is 0. The summed E-state index contributed by atoms with van der Waals surface area (Å²) in [6.07, 6.45) is 41.7. The minimum absolute atomic E-state index is 0.0166. The number of allylic oxidation sites excluding steroid dienone is 7. The summed E-state index contributed by atoms with van der Waals surface area (Å²) in [6.45, 7) is 4.28. The highest BCUT2D eigenvalue weighted by molar-refractivity contribution is 7.47. The molecule has 4 atom stereocenters. The molecule has 0 aromatic rings. The fourth-order valence-corrected chi connectivity index (χ4v) is 6.84. The van der Waals surface area contributed by atoms with Gasteiger partial charge in [-0.3, -0.25) is 18.6 Å². The number of likely N-dealkylation sites (N-methyl/N-ethyl adjacent to an activating group) is 1. The molecule has 10 nitrogen and oxygen atoms in total. The van der Waals surface area contributed by atoms with Gasteiger partial charge in [0.2, 0.25) is 0 Å². The lowest BCUT2D eigenvalue weighted by molar-refractivity contribution is -0.870. The van der Waals surface area contributed by atoms with Gasteiger partial charge < -0.3 is 23.6 Å². The van der Waals surface area contributed by atoms with Gasteiger partial charge in [-0.1, -0.05) is 127 Å². The Balaban J connectivity index is 2.34. The molecule has 0 aliphatic carbocycles. The maximum Gasteiger partial charge on any atom is 0.472 e. The Bertz CT molecular complexity index is 1180. The number of esters is 2. The largest absolute Gasteiger partial charge is 0.472 e. The Labute approximate surface area is 348 Å². The van der Waals surface area contributed by atoms with E-state index in [0.717, 1.165) is 57.8 Å². The topological polar surface area (TPSA) is 121 Å². The quantitative estimate of drug-likeness (QED) is 0.0161. The highest BCUT2D eigenvalue weighted by atomic mass is 31.2. The first-order valence-electron chi connectivity index (χ1n) is 22.5. The number of phosphoric acid groups is 1. The Morgan fingerprint density at radius 1 is 0.649 bits per heavy atom. The lowest BCUT2D eigenvalue weighted by atomic mass is 10.1. The Kier molecular flexibility index (Phi) is 32.3. The Morgan fingerprint density at radius 2 is 1.18 bits per heavy atom. The molecule has 1 saturated heterocycles. The van der Waals surface area contributed by atoms with E-state index in [1.807, 2.05) is 21.1 Å². The van der Waals surface area contributed by atoms with Crippen LogP contribution in [-0.2, 0) is 37.4 Å². The highest BCUT2D eigenvalue weighted by Crippen LogP contribution is 2.43. The summed E-state index contributed by atoms with van der Waals surface area (Å²) < 4.78 is 40.1. The van der Waals surface area contributed by atoms with E-state index < -0.39 is 32.5 Å². The Hall–Kier alpha value is -2.07. The van der Waals surface area contributed by atoms with Gasteiger partial charge in [-0.05, 0) is 77.0 Å². The molecule has 1 fully saturated rings. The van der Waals surface area contributed by atoms with Gasteiger partial charge in [0, 0.05) is 12.8 Å². The number of ether oxygens (including phenoxy) is 3. The van der Waals surface area contributed by atoms with Crippen LogP contribution in [0.25, 0.3) is 0 Å². The van der Waals surface area contributed by atoms with E-state index in [-0.39, 0.29) is 38.3 Å². The van der Waals surface area contributed by atoms with E-state index in [1.165, 1.54) is 70.6 Å². The highest BCUT2D eigenvalue weighted by Gasteiger charge is 2.36. The molecule has 1 N–H and O–H groups in total. The first kappa shape index (κ1) is 52.9. The third-order valence-electron chi connectivity index (χ3n) is 9.76. The predicted octanol–water partition coefficient (Wildman–Crippen LogP) is 11.7. The van der Waals surface area contributed by atoms with Crippen molar-refractivity contribution < 1.29 is 46.8 Å². The van der Waals surface area contributed by atoms with E-state index in [4.69, 9.17) is 23.3 Å². The summed E-state index contributed by atoms with van der Waals surface area (Å²) in [5.74, 6) is -0.886. The van der Waals surface area contributed by atoms with E-state index >= 15 is 0 Å². The fourth-order valence-electron chi connectivity index (χ4n) is 6.09. The summed E-state index contributed by atoms with van der Waals surface area (Å²) in [6, 6.07) is 0. The number of rotatable bonds is 39. The first-order chi connectivity index (χ1) is 27.5. The molecule has 1 aliphatic heterocycles. The zero-order valence-electron chi connectivity index (χ0n) is 36.8. The van der Waals surface area contributed by atoms with E-state index in [9.17, 15) is 19.0 Å². The second-order valence-electron chi connectivity index (χ2n) is 16.5. The number of quaternary nitrogens is 1. The Morgan fingerprint density at radius 3 is 1.82 bits per heavy atom.